The predicted octanol–water partition coefficient (Wildman–Crippen LogP) is 4.50. The summed E-state index contributed by atoms with van der Waals surface area (Å²) in [6.45, 7) is 1.48. The number of anilines is 3. The number of nitrogens with zero attached hydrogens (tertiary/aromatic N) is 2. The highest BCUT2D eigenvalue weighted by Gasteiger charge is 2.04. The number of halogens is 1. The van der Waals surface area contributed by atoms with Crippen LogP contribution in [-0.4, -0.2) is 15.9 Å². The smallest absolute Gasteiger partial charge is 0.227 e. The quantitative estimate of drug-likeness (QED) is 0.735. The van der Waals surface area contributed by atoms with Crippen molar-refractivity contribution in [2.45, 2.75) is 6.92 Å². The number of hydrogen-bond donors (Lipinski definition) is 2. The van der Waals surface area contributed by atoms with Crippen LogP contribution in [0.1, 0.15) is 6.92 Å². The maximum absolute atomic E-state index is 11.1. The van der Waals surface area contributed by atoms with Crippen LogP contribution < -0.4 is 10.6 Å². The van der Waals surface area contributed by atoms with Gasteiger partial charge in [-0.05, 0) is 42.5 Å². The summed E-state index contributed by atoms with van der Waals surface area (Å²) in [4.78, 5) is 19.8. The van der Waals surface area contributed by atoms with Crippen LogP contribution in [0, 0.1) is 0 Å². The van der Waals surface area contributed by atoms with Gasteiger partial charge in [0, 0.05) is 35.1 Å². The molecule has 1 heterocycles. The van der Waals surface area contributed by atoms with E-state index in [0.29, 0.717) is 11.0 Å². The van der Waals surface area contributed by atoms with Crippen molar-refractivity contribution < 1.29 is 4.79 Å². The van der Waals surface area contributed by atoms with Gasteiger partial charge in [0.05, 0.1) is 5.69 Å². The first-order valence-corrected chi connectivity index (χ1v) is 7.71. The maximum atomic E-state index is 11.1. The molecule has 0 radical (unpaired) electrons. The van der Waals surface area contributed by atoms with Gasteiger partial charge >= 0.3 is 0 Å². The Labute approximate surface area is 144 Å². The van der Waals surface area contributed by atoms with E-state index in [4.69, 9.17) is 11.6 Å². The van der Waals surface area contributed by atoms with E-state index >= 15 is 0 Å². The topological polar surface area (TPSA) is 66.9 Å². The Morgan fingerprint density at radius 3 is 2.29 bits per heavy atom. The number of carbonyl (C=O) groups excluding carboxylic acids is 1. The fourth-order valence-corrected chi connectivity index (χ4v) is 2.30. The van der Waals surface area contributed by atoms with E-state index in [1.165, 1.54) is 6.92 Å². The number of aromatic nitrogens is 2. The van der Waals surface area contributed by atoms with Gasteiger partial charge in [0.15, 0.2) is 0 Å². The fraction of sp³-hybridized carbons (Fsp3) is 0.0556. The third-order valence-corrected chi connectivity index (χ3v) is 3.51. The molecule has 2 N–H and O–H groups in total. The molecule has 0 unspecified atom stereocenters. The van der Waals surface area contributed by atoms with Gasteiger partial charge in [0.1, 0.15) is 0 Å². The summed E-state index contributed by atoms with van der Waals surface area (Å²) >= 11 is 5.88. The minimum Gasteiger partial charge on any atom is -0.326 e. The van der Waals surface area contributed by atoms with Crippen LogP contribution >= 0.6 is 11.6 Å². The fourth-order valence-electron chi connectivity index (χ4n) is 2.17. The molecule has 1 amide bonds. The molecular formula is C18H15ClN4O. The molecule has 0 fully saturated rings. The molecule has 6 heteroatoms. The summed E-state index contributed by atoms with van der Waals surface area (Å²) in [5.41, 5.74) is 3.33. The van der Waals surface area contributed by atoms with E-state index in [-0.39, 0.29) is 5.91 Å². The molecule has 24 heavy (non-hydrogen) atoms. The highest BCUT2D eigenvalue weighted by Crippen LogP contribution is 2.22. The van der Waals surface area contributed by atoms with Crippen LogP contribution in [0.15, 0.2) is 60.8 Å². The Morgan fingerprint density at radius 2 is 1.62 bits per heavy atom. The number of benzene rings is 2. The van der Waals surface area contributed by atoms with Crippen molar-refractivity contribution in [3.63, 3.8) is 0 Å². The molecule has 5 nitrogen and oxygen atoms in total. The highest BCUT2D eigenvalue weighted by atomic mass is 35.5. The van der Waals surface area contributed by atoms with Gasteiger partial charge in [-0.2, -0.15) is 0 Å². The summed E-state index contributed by atoms with van der Waals surface area (Å²) in [6.07, 6.45) is 1.70. The third-order valence-electron chi connectivity index (χ3n) is 3.26. The zero-order valence-electron chi connectivity index (χ0n) is 13.0. The van der Waals surface area contributed by atoms with Crippen molar-refractivity contribution in [1.82, 2.24) is 9.97 Å². The molecule has 1 aromatic heterocycles. The van der Waals surface area contributed by atoms with Gasteiger partial charge in [-0.25, -0.2) is 9.97 Å². The van der Waals surface area contributed by atoms with Crippen molar-refractivity contribution in [2.75, 3.05) is 10.6 Å². The van der Waals surface area contributed by atoms with E-state index in [2.05, 4.69) is 20.6 Å². The van der Waals surface area contributed by atoms with E-state index in [1.807, 2.05) is 42.5 Å². The Morgan fingerprint density at radius 1 is 0.958 bits per heavy atom. The summed E-state index contributed by atoms with van der Waals surface area (Å²) in [5, 5.41) is 6.55. The van der Waals surface area contributed by atoms with Gasteiger partial charge in [-0.1, -0.05) is 23.7 Å². The van der Waals surface area contributed by atoms with Crippen LogP contribution in [0.5, 0.6) is 0 Å². The number of nitrogens with one attached hydrogen (secondary N) is 2. The average molecular weight is 339 g/mol. The number of rotatable bonds is 4. The lowest BCUT2D eigenvalue weighted by atomic mass is 10.1. The zero-order chi connectivity index (χ0) is 16.9. The molecule has 0 aliphatic rings. The lowest BCUT2D eigenvalue weighted by molar-refractivity contribution is -0.114. The van der Waals surface area contributed by atoms with Crippen LogP contribution in [0.25, 0.3) is 11.3 Å². The van der Waals surface area contributed by atoms with Gasteiger partial charge in [0.25, 0.3) is 0 Å². The van der Waals surface area contributed by atoms with Gasteiger partial charge in [-0.15, -0.1) is 0 Å². The molecule has 0 saturated carbocycles. The number of carbonyl (C=O) groups is 1. The van der Waals surface area contributed by atoms with Gasteiger partial charge in [0.2, 0.25) is 11.9 Å². The van der Waals surface area contributed by atoms with Crippen molar-refractivity contribution in [1.29, 1.82) is 0 Å². The maximum Gasteiger partial charge on any atom is 0.227 e. The predicted molar refractivity (Wildman–Crippen MR) is 96.5 cm³/mol. The van der Waals surface area contributed by atoms with Crippen LogP contribution in [0.2, 0.25) is 5.02 Å². The van der Waals surface area contributed by atoms with Crippen molar-refractivity contribution in [2.24, 2.45) is 0 Å². The summed E-state index contributed by atoms with van der Waals surface area (Å²) in [6, 6.07) is 16.6. The first-order chi connectivity index (χ1) is 11.6. The van der Waals surface area contributed by atoms with Gasteiger partial charge < -0.3 is 10.6 Å². The monoisotopic (exact) mass is 338 g/mol. The van der Waals surface area contributed by atoms with Crippen molar-refractivity contribution in [3.05, 3.63) is 65.8 Å². The van der Waals surface area contributed by atoms with E-state index in [0.717, 1.165) is 22.6 Å². The largest absolute Gasteiger partial charge is 0.326 e. The molecular weight excluding hydrogens is 324 g/mol. The summed E-state index contributed by atoms with van der Waals surface area (Å²) in [5.74, 6) is 0.403. The minimum absolute atomic E-state index is 0.0979. The summed E-state index contributed by atoms with van der Waals surface area (Å²) < 4.78 is 0. The molecule has 0 saturated heterocycles. The van der Waals surface area contributed by atoms with E-state index < -0.39 is 0 Å². The first kappa shape index (κ1) is 16.0. The second-order valence-corrected chi connectivity index (χ2v) is 5.59. The Kier molecular flexibility index (Phi) is 4.72. The molecule has 0 atom stereocenters. The highest BCUT2D eigenvalue weighted by molar-refractivity contribution is 6.30. The molecule has 3 aromatic rings. The molecule has 2 aromatic carbocycles. The SMILES string of the molecule is CC(=O)Nc1ccc(-c2ccnc(Nc3ccc(Cl)cc3)n2)cc1. The molecule has 0 spiro atoms. The Bertz CT molecular complexity index is 848. The third kappa shape index (κ3) is 4.08. The van der Waals surface area contributed by atoms with Crippen LogP contribution in [-0.2, 0) is 4.79 Å². The zero-order valence-corrected chi connectivity index (χ0v) is 13.7. The summed E-state index contributed by atoms with van der Waals surface area (Å²) in [7, 11) is 0. The number of hydrogen-bond acceptors (Lipinski definition) is 4. The van der Waals surface area contributed by atoms with Crippen LogP contribution in [0.4, 0.5) is 17.3 Å². The second-order valence-electron chi connectivity index (χ2n) is 5.16. The molecule has 0 aliphatic heterocycles. The molecule has 0 aliphatic carbocycles. The number of amides is 1. The van der Waals surface area contributed by atoms with E-state index in [9.17, 15) is 4.79 Å². The average Bonchev–Trinajstić information content (AvgIpc) is 2.57. The normalized spacial score (nSPS) is 10.2. The second kappa shape index (κ2) is 7.10. The standard InChI is InChI=1S/C18H15ClN4O/c1-12(24)21-15-6-2-13(3-7-15)17-10-11-20-18(23-17)22-16-8-4-14(19)5-9-16/h2-11H,1H3,(H,21,24)(H,20,22,23). The van der Waals surface area contributed by atoms with Crippen molar-refractivity contribution >= 4 is 34.8 Å². The molecule has 3 rings (SSSR count). The molecule has 120 valence electrons. The minimum atomic E-state index is -0.0979. The van der Waals surface area contributed by atoms with Gasteiger partial charge in [-0.3, -0.25) is 4.79 Å². The Balaban J connectivity index is 1.79. The first-order valence-electron chi connectivity index (χ1n) is 7.34. The van der Waals surface area contributed by atoms with Crippen LogP contribution in [0.3, 0.4) is 0 Å². The Hall–Kier alpha value is -2.92. The van der Waals surface area contributed by atoms with E-state index in [1.54, 1.807) is 18.3 Å². The molecule has 0 bridgehead atoms. The lowest BCUT2D eigenvalue weighted by Crippen LogP contribution is -2.05. The lowest BCUT2D eigenvalue weighted by Gasteiger charge is -2.07. The van der Waals surface area contributed by atoms with Crippen molar-refractivity contribution in [3.8, 4) is 11.3 Å².